The molecule has 1 fully saturated rings. The molecule has 0 radical (unpaired) electrons. The molecular weight excluding hydrogens is 290 g/mol. The highest BCUT2D eigenvalue weighted by molar-refractivity contribution is 6.15. The molecule has 7 nitrogen and oxygen atoms in total. The molecule has 0 saturated carbocycles. The van der Waals surface area contributed by atoms with Crippen molar-refractivity contribution in [2.24, 2.45) is 0 Å². The van der Waals surface area contributed by atoms with Crippen molar-refractivity contribution >= 4 is 23.4 Å². The molecule has 0 bridgehead atoms. The molecule has 0 amide bonds. The first-order chi connectivity index (χ1) is 10.2. The van der Waals surface area contributed by atoms with Crippen molar-refractivity contribution in [1.29, 1.82) is 0 Å². The molecular formula is C15H15NO6. The number of cyclic esters (lactones) is 2. The number of Topliss-reactive ketones (excluding diaryl/α,β-unsaturated/α-hetero) is 1. The van der Waals surface area contributed by atoms with Gasteiger partial charge in [0.05, 0.1) is 5.69 Å². The number of nitrogens with one attached hydrogen (secondary N) is 1. The van der Waals surface area contributed by atoms with Gasteiger partial charge in [-0.05, 0) is 19.1 Å². The molecule has 2 N–H and O–H groups in total. The first-order valence-corrected chi connectivity index (χ1v) is 6.47. The Morgan fingerprint density at radius 3 is 2.36 bits per heavy atom. The molecule has 22 heavy (non-hydrogen) atoms. The maximum Gasteiger partial charge on any atom is 0.350 e. The first-order valence-electron chi connectivity index (χ1n) is 6.47. The number of benzene rings is 1. The molecule has 2 rings (SSSR count). The van der Waals surface area contributed by atoms with Gasteiger partial charge in [-0.3, -0.25) is 4.79 Å². The van der Waals surface area contributed by atoms with Crippen LogP contribution in [0.2, 0.25) is 0 Å². The number of ether oxygens (including phenoxy) is 2. The lowest BCUT2D eigenvalue weighted by molar-refractivity contribution is -0.222. The second-order valence-corrected chi connectivity index (χ2v) is 5.14. The van der Waals surface area contributed by atoms with Gasteiger partial charge in [-0.2, -0.15) is 0 Å². The zero-order valence-corrected chi connectivity index (χ0v) is 12.3. The Labute approximate surface area is 126 Å². The third-order valence-electron chi connectivity index (χ3n) is 2.90. The van der Waals surface area contributed by atoms with Crippen LogP contribution in [0.4, 0.5) is 5.69 Å². The van der Waals surface area contributed by atoms with Crippen LogP contribution in [-0.4, -0.2) is 28.6 Å². The standard InChI is InChI=1S/C15H15NO6/c1-8(17)9-5-4-6-11(18)12(9)16-7-10-13(19)21-15(2,3)22-14(10)20/h4-7,16,18H,1-3H3. The summed E-state index contributed by atoms with van der Waals surface area (Å²) >= 11 is 0. The van der Waals surface area contributed by atoms with Crippen LogP contribution >= 0.6 is 0 Å². The minimum atomic E-state index is -1.33. The van der Waals surface area contributed by atoms with Crippen LogP contribution in [0.1, 0.15) is 31.1 Å². The van der Waals surface area contributed by atoms with Gasteiger partial charge in [0.1, 0.15) is 5.75 Å². The van der Waals surface area contributed by atoms with Gasteiger partial charge in [0.15, 0.2) is 11.4 Å². The Bertz CT molecular complexity index is 667. The summed E-state index contributed by atoms with van der Waals surface area (Å²) < 4.78 is 9.87. The number of para-hydroxylation sites is 1. The van der Waals surface area contributed by atoms with Gasteiger partial charge in [0.25, 0.3) is 5.79 Å². The largest absolute Gasteiger partial charge is 0.506 e. The van der Waals surface area contributed by atoms with E-state index in [1.807, 2.05) is 0 Å². The summed E-state index contributed by atoms with van der Waals surface area (Å²) in [5, 5.41) is 12.4. The van der Waals surface area contributed by atoms with Gasteiger partial charge in [0.2, 0.25) is 0 Å². The molecule has 1 aliphatic heterocycles. The maximum absolute atomic E-state index is 11.8. The molecule has 1 aromatic rings. The number of carbonyl (C=O) groups is 3. The summed E-state index contributed by atoms with van der Waals surface area (Å²) in [6.45, 7) is 4.20. The molecule has 0 spiro atoms. The Balaban J connectivity index is 2.31. The first kappa shape index (κ1) is 15.6. The lowest BCUT2D eigenvalue weighted by Gasteiger charge is -2.29. The molecule has 7 heteroatoms. The Morgan fingerprint density at radius 2 is 1.82 bits per heavy atom. The van der Waals surface area contributed by atoms with Gasteiger partial charge >= 0.3 is 11.9 Å². The van der Waals surface area contributed by atoms with E-state index in [9.17, 15) is 19.5 Å². The van der Waals surface area contributed by atoms with Gasteiger partial charge in [0, 0.05) is 25.6 Å². The van der Waals surface area contributed by atoms with Crippen molar-refractivity contribution in [2.45, 2.75) is 26.6 Å². The summed E-state index contributed by atoms with van der Waals surface area (Å²) in [4.78, 5) is 35.1. The van der Waals surface area contributed by atoms with Crippen molar-refractivity contribution in [3.63, 3.8) is 0 Å². The van der Waals surface area contributed by atoms with Crippen molar-refractivity contribution in [1.82, 2.24) is 0 Å². The van der Waals surface area contributed by atoms with Crippen molar-refractivity contribution in [2.75, 3.05) is 5.32 Å². The van der Waals surface area contributed by atoms with Gasteiger partial charge < -0.3 is 19.9 Å². The zero-order chi connectivity index (χ0) is 16.5. The van der Waals surface area contributed by atoms with E-state index in [1.54, 1.807) is 0 Å². The second-order valence-electron chi connectivity index (χ2n) is 5.14. The average Bonchev–Trinajstić information content (AvgIpc) is 2.37. The fourth-order valence-electron chi connectivity index (χ4n) is 1.91. The molecule has 1 saturated heterocycles. The minimum absolute atomic E-state index is 0.0907. The Hall–Kier alpha value is -2.83. The highest BCUT2D eigenvalue weighted by Crippen LogP contribution is 2.29. The summed E-state index contributed by atoms with van der Waals surface area (Å²) in [7, 11) is 0. The molecule has 1 heterocycles. The number of phenols is 1. The summed E-state index contributed by atoms with van der Waals surface area (Å²) in [5.74, 6) is -3.51. The number of hydrogen-bond donors (Lipinski definition) is 2. The number of rotatable bonds is 3. The average molecular weight is 305 g/mol. The van der Waals surface area contributed by atoms with E-state index in [0.717, 1.165) is 6.20 Å². The van der Waals surface area contributed by atoms with Crippen LogP contribution in [0.5, 0.6) is 5.75 Å². The fraction of sp³-hybridized carbons (Fsp3) is 0.267. The monoisotopic (exact) mass is 305 g/mol. The molecule has 0 unspecified atom stereocenters. The predicted molar refractivity (Wildman–Crippen MR) is 76.1 cm³/mol. The van der Waals surface area contributed by atoms with Crippen molar-refractivity contribution < 1.29 is 29.0 Å². The van der Waals surface area contributed by atoms with Crippen molar-refractivity contribution in [3.05, 3.63) is 35.5 Å². The van der Waals surface area contributed by atoms with E-state index in [-0.39, 0.29) is 28.4 Å². The fourth-order valence-corrected chi connectivity index (χ4v) is 1.91. The molecule has 0 atom stereocenters. The van der Waals surface area contributed by atoms with Gasteiger partial charge in [-0.15, -0.1) is 0 Å². The molecule has 0 aromatic heterocycles. The van der Waals surface area contributed by atoms with E-state index in [4.69, 9.17) is 9.47 Å². The molecule has 116 valence electrons. The third-order valence-corrected chi connectivity index (χ3v) is 2.90. The maximum atomic E-state index is 11.8. The topological polar surface area (TPSA) is 102 Å². The number of phenolic OH excluding ortho intramolecular Hbond substituents is 1. The SMILES string of the molecule is CC(=O)c1cccc(O)c1NC=C1C(=O)OC(C)(C)OC1=O. The Morgan fingerprint density at radius 1 is 1.23 bits per heavy atom. The lowest BCUT2D eigenvalue weighted by atomic mass is 10.1. The van der Waals surface area contributed by atoms with E-state index < -0.39 is 17.7 Å². The smallest absolute Gasteiger partial charge is 0.350 e. The third kappa shape index (κ3) is 3.08. The zero-order valence-electron chi connectivity index (χ0n) is 12.3. The van der Waals surface area contributed by atoms with E-state index in [1.165, 1.54) is 39.0 Å². The van der Waals surface area contributed by atoms with E-state index in [0.29, 0.717) is 0 Å². The van der Waals surface area contributed by atoms with Crippen LogP contribution in [0.3, 0.4) is 0 Å². The molecule has 1 aliphatic rings. The van der Waals surface area contributed by atoms with E-state index in [2.05, 4.69) is 5.32 Å². The minimum Gasteiger partial charge on any atom is -0.506 e. The van der Waals surface area contributed by atoms with Crippen LogP contribution in [0.15, 0.2) is 30.0 Å². The molecule has 0 aliphatic carbocycles. The van der Waals surface area contributed by atoms with Gasteiger partial charge in [-0.25, -0.2) is 9.59 Å². The second kappa shape index (κ2) is 5.51. The Kier molecular flexibility index (Phi) is 3.90. The lowest BCUT2D eigenvalue weighted by Crippen LogP contribution is -2.42. The number of hydrogen-bond acceptors (Lipinski definition) is 7. The van der Waals surface area contributed by atoms with Gasteiger partial charge in [-0.1, -0.05) is 6.07 Å². The van der Waals surface area contributed by atoms with Crippen LogP contribution in [0.25, 0.3) is 0 Å². The highest BCUT2D eigenvalue weighted by atomic mass is 16.7. The summed E-state index contributed by atoms with van der Waals surface area (Å²) in [6.07, 6.45) is 1.04. The van der Waals surface area contributed by atoms with Crippen molar-refractivity contribution in [3.8, 4) is 5.75 Å². The number of anilines is 1. The predicted octanol–water partition coefficient (Wildman–Crippen LogP) is 1.73. The summed E-state index contributed by atoms with van der Waals surface area (Å²) in [6, 6.07) is 4.38. The molecule has 1 aromatic carbocycles. The normalized spacial score (nSPS) is 16.6. The van der Waals surface area contributed by atoms with E-state index >= 15 is 0 Å². The number of ketones is 1. The number of carbonyl (C=O) groups excluding carboxylic acids is 3. The number of aromatic hydroxyl groups is 1. The van der Waals surface area contributed by atoms with Crippen LogP contribution in [0, 0.1) is 0 Å². The van der Waals surface area contributed by atoms with Crippen LogP contribution in [-0.2, 0) is 19.1 Å². The number of esters is 2. The summed E-state index contributed by atoms with van der Waals surface area (Å²) in [5.41, 5.74) is -0.0558. The quantitative estimate of drug-likeness (QED) is 0.288. The van der Waals surface area contributed by atoms with Crippen LogP contribution < -0.4 is 5.32 Å². The highest BCUT2D eigenvalue weighted by Gasteiger charge is 2.39.